The largest absolute Gasteiger partial charge is 0.494 e. The molecule has 1 aliphatic heterocycles. The summed E-state index contributed by atoms with van der Waals surface area (Å²) < 4.78 is 6.11. The maximum absolute atomic E-state index is 9.84. The highest BCUT2D eigenvalue weighted by Crippen LogP contribution is 2.36. The minimum absolute atomic E-state index is 0.501. The predicted octanol–water partition coefficient (Wildman–Crippen LogP) is 5.56. The van der Waals surface area contributed by atoms with Crippen LogP contribution in [0.25, 0.3) is 22.0 Å². The summed E-state index contributed by atoms with van der Waals surface area (Å²) >= 11 is 0. The molecule has 37 heavy (non-hydrogen) atoms. The number of nitrogens with one attached hydrogen (secondary N) is 2. The first-order chi connectivity index (χ1) is 18.1. The molecular weight excluding hydrogens is 460 g/mol. The quantitative estimate of drug-likeness (QED) is 0.297. The molecule has 190 valence electrons. The van der Waals surface area contributed by atoms with Gasteiger partial charge in [0.15, 0.2) is 0 Å². The van der Waals surface area contributed by atoms with Crippen LogP contribution in [0.5, 0.6) is 5.75 Å². The van der Waals surface area contributed by atoms with Crippen LogP contribution in [0.3, 0.4) is 0 Å². The van der Waals surface area contributed by atoms with Crippen molar-refractivity contribution in [2.24, 2.45) is 0 Å². The Balaban J connectivity index is 1.28. The summed E-state index contributed by atoms with van der Waals surface area (Å²) in [5, 5.41) is 14.5. The van der Waals surface area contributed by atoms with Gasteiger partial charge in [-0.3, -0.25) is 4.98 Å². The number of unbranched alkanes of at least 4 members (excludes halogenated alkanes) is 1. The molecule has 0 amide bonds. The first kappa shape index (κ1) is 24.8. The van der Waals surface area contributed by atoms with Gasteiger partial charge in [-0.25, -0.2) is 0 Å². The zero-order valence-electron chi connectivity index (χ0n) is 21.6. The molecule has 0 bridgehead atoms. The van der Waals surface area contributed by atoms with Gasteiger partial charge in [0.25, 0.3) is 0 Å². The Bertz CT molecular complexity index is 1400. The van der Waals surface area contributed by atoms with Gasteiger partial charge in [0.05, 0.1) is 17.9 Å². The van der Waals surface area contributed by atoms with Gasteiger partial charge in [-0.05, 0) is 74.8 Å². The van der Waals surface area contributed by atoms with Gasteiger partial charge in [-0.2, -0.15) is 5.26 Å². The third-order valence-electron chi connectivity index (χ3n) is 7.21. The van der Waals surface area contributed by atoms with Crippen LogP contribution in [0.4, 0.5) is 11.4 Å². The summed E-state index contributed by atoms with van der Waals surface area (Å²) in [6, 6.07) is 16.5. The summed E-state index contributed by atoms with van der Waals surface area (Å²) in [6.45, 7) is 8.53. The van der Waals surface area contributed by atoms with E-state index in [0.29, 0.717) is 12.2 Å². The average Bonchev–Trinajstić information content (AvgIpc) is 3.41. The lowest BCUT2D eigenvalue weighted by Crippen LogP contribution is -2.44. The second-order valence-corrected chi connectivity index (χ2v) is 9.75. The second-order valence-electron chi connectivity index (χ2n) is 9.75. The number of hydrogen-bond acceptors (Lipinski definition) is 6. The lowest BCUT2D eigenvalue weighted by molar-refractivity contribution is 0.150. The maximum Gasteiger partial charge on any atom is 0.119 e. The van der Waals surface area contributed by atoms with Crippen LogP contribution in [0.1, 0.15) is 24.0 Å². The Labute approximate surface area is 218 Å². The lowest BCUT2D eigenvalue weighted by atomic mass is 10.0. The number of nitriles is 1. The first-order valence-electron chi connectivity index (χ1n) is 13.0. The van der Waals surface area contributed by atoms with Crippen LogP contribution in [0, 0.1) is 18.3 Å². The van der Waals surface area contributed by atoms with Crippen LogP contribution in [-0.4, -0.2) is 66.1 Å². The lowest BCUT2D eigenvalue weighted by Gasteiger charge is -2.32. The van der Waals surface area contributed by atoms with Gasteiger partial charge in [0.1, 0.15) is 11.8 Å². The Morgan fingerprint density at radius 2 is 1.95 bits per heavy atom. The van der Waals surface area contributed by atoms with E-state index in [-0.39, 0.29) is 0 Å². The minimum Gasteiger partial charge on any atom is -0.494 e. The highest BCUT2D eigenvalue weighted by Gasteiger charge is 2.15. The molecule has 4 aromatic rings. The van der Waals surface area contributed by atoms with Crippen LogP contribution in [0.2, 0.25) is 0 Å². The molecule has 2 N–H and O–H groups in total. The summed E-state index contributed by atoms with van der Waals surface area (Å²) in [4.78, 5) is 12.5. The molecule has 0 aliphatic carbocycles. The van der Waals surface area contributed by atoms with Crippen LogP contribution in [-0.2, 0) is 0 Å². The van der Waals surface area contributed by atoms with Crippen molar-refractivity contribution in [3.05, 3.63) is 72.2 Å². The number of hydrogen-bond donors (Lipinski definition) is 2. The predicted molar refractivity (Wildman–Crippen MR) is 149 cm³/mol. The zero-order chi connectivity index (χ0) is 25.6. The fraction of sp³-hybridized carbons (Fsp3) is 0.333. The van der Waals surface area contributed by atoms with Gasteiger partial charge >= 0.3 is 0 Å². The van der Waals surface area contributed by atoms with E-state index < -0.39 is 0 Å². The Morgan fingerprint density at radius 1 is 1.08 bits per heavy atom. The Morgan fingerprint density at radius 3 is 2.78 bits per heavy atom. The van der Waals surface area contributed by atoms with E-state index >= 15 is 0 Å². The molecule has 1 aliphatic rings. The number of nitrogens with zero attached hydrogens (tertiary/aromatic N) is 4. The topological polar surface area (TPSA) is 80.2 Å². The summed E-state index contributed by atoms with van der Waals surface area (Å²) in [5.41, 5.74) is 6.26. The number of likely N-dealkylation sites (N-methyl/N-ethyl adjacent to an activating group) is 1. The third-order valence-corrected chi connectivity index (χ3v) is 7.21. The van der Waals surface area contributed by atoms with E-state index in [0.717, 1.165) is 90.3 Å². The van der Waals surface area contributed by atoms with Crippen molar-refractivity contribution in [2.45, 2.75) is 19.8 Å². The number of rotatable bonds is 9. The number of ether oxygens (including phenoxy) is 1. The molecule has 2 aromatic heterocycles. The third kappa shape index (κ3) is 5.77. The Hall–Kier alpha value is -3.86. The smallest absolute Gasteiger partial charge is 0.119 e. The number of fused-ring (bicyclic) bond motifs is 1. The van der Waals surface area contributed by atoms with E-state index in [4.69, 9.17) is 4.74 Å². The molecule has 7 nitrogen and oxygen atoms in total. The standard InChI is InChI=1S/C30H34N6O/c1-22-26-10-11-33-29(26)9-8-28(22)34-30-24(19-31)20-32-21-27(30)23-6-5-7-25(18-23)37-17-4-3-12-36-15-13-35(2)14-16-36/h5-11,18,20-21,33H,3-4,12-17H2,1-2H3,(H,32,34). The summed E-state index contributed by atoms with van der Waals surface area (Å²) in [7, 11) is 2.19. The molecule has 1 saturated heterocycles. The molecule has 1 fully saturated rings. The highest BCUT2D eigenvalue weighted by molar-refractivity contribution is 5.91. The highest BCUT2D eigenvalue weighted by atomic mass is 16.5. The van der Waals surface area contributed by atoms with Crippen LogP contribution >= 0.6 is 0 Å². The number of H-pyrrole nitrogens is 1. The molecule has 7 heteroatoms. The number of aromatic nitrogens is 2. The van der Waals surface area contributed by atoms with E-state index in [9.17, 15) is 5.26 Å². The van der Waals surface area contributed by atoms with E-state index in [2.05, 4.69) is 57.3 Å². The number of aryl methyl sites for hydroxylation is 1. The molecule has 0 spiro atoms. The van der Waals surface area contributed by atoms with Gasteiger partial charge in [-0.15, -0.1) is 0 Å². The number of piperazine rings is 1. The number of anilines is 2. The summed E-state index contributed by atoms with van der Waals surface area (Å²) in [5.74, 6) is 0.829. The number of aromatic amines is 1. The maximum atomic E-state index is 9.84. The molecule has 0 saturated carbocycles. The normalized spacial score (nSPS) is 14.5. The van der Waals surface area contributed by atoms with Crippen molar-refractivity contribution in [1.82, 2.24) is 19.8 Å². The molecule has 2 aromatic carbocycles. The van der Waals surface area contributed by atoms with E-state index in [1.165, 1.54) is 0 Å². The first-order valence-corrected chi connectivity index (χ1v) is 13.0. The van der Waals surface area contributed by atoms with Crippen LogP contribution in [0.15, 0.2) is 61.1 Å². The Kier molecular flexibility index (Phi) is 7.69. The van der Waals surface area contributed by atoms with E-state index in [1.54, 1.807) is 6.20 Å². The van der Waals surface area contributed by atoms with Gasteiger partial charge < -0.3 is 24.8 Å². The van der Waals surface area contributed by atoms with E-state index in [1.807, 2.05) is 42.7 Å². The second kappa shape index (κ2) is 11.5. The summed E-state index contributed by atoms with van der Waals surface area (Å²) in [6.07, 6.45) is 7.52. The molecule has 0 unspecified atom stereocenters. The van der Waals surface area contributed by atoms with Crippen molar-refractivity contribution < 1.29 is 4.74 Å². The number of pyridine rings is 1. The van der Waals surface area contributed by atoms with Crippen molar-refractivity contribution >= 4 is 22.3 Å². The molecule has 0 atom stereocenters. The molecule has 0 radical (unpaired) electrons. The van der Waals surface area contributed by atoms with Gasteiger partial charge in [0.2, 0.25) is 0 Å². The fourth-order valence-corrected chi connectivity index (χ4v) is 4.91. The zero-order valence-corrected chi connectivity index (χ0v) is 21.6. The minimum atomic E-state index is 0.501. The molecule has 3 heterocycles. The number of benzene rings is 2. The van der Waals surface area contributed by atoms with Gasteiger partial charge in [-0.1, -0.05) is 12.1 Å². The van der Waals surface area contributed by atoms with Gasteiger partial charge in [0, 0.05) is 66.9 Å². The van der Waals surface area contributed by atoms with Crippen molar-refractivity contribution in [2.75, 3.05) is 51.7 Å². The average molecular weight is 495 g/mol. The fourth-order valence-electron chi connectivity index (χ4n) is 4.91. The van der Waals surface area contributed by atoms with Crippen LogP contribution < -0.4 is 10.1 Å². The SMILES string of the molecule is Cc1c(Nc2c(C#N)cncc2-c2cccc(OCCCCN3CCN(C)CC3)c2)ccc2[nH]ccc12. The molecule has 5 rings (SSSR count). The van der Waals surface area contributed by atoms with Crippen molar-refractivity contribution in [3.63, 3.8) is 0 Å². The molecular formula is C30H34N6O. The van der Waals surface area contributed by atoms with Crippen molar-refractivity contribution in [1.29, 1.82) is 5.26 Å². The monoisotopic (exact) mass is 494 g/mol. The van der Waals surface area contributed by atoms with Crippen molar-refractivity contribution in [3.8, 4) is 22.9 Å².